The number of rotatable bonds is 6. The molecule has 1 N–H and O–H groups in total. The normalized spacial score (nSPS) is 18.7. The molecular formula is C18H31NOSi. The summed E-state index contributed by atoms with van der Waals surface area (Å²) in [7, 11) is -1.54. The van der Waals surface area contributed by atoms with E-state index in [4.69, 9.17) is 4.43 Å². The maximum absolute atomic E-state index is 6.43. The van der Waals surface area contributed by atoms with Crippen LogP contribution in [0, 0.1) is 6.92 Å². The van der Waals surface area contributed by atoms with E-state index in [2.05, 4.69) is 56.1 Å². The Morgan fingerprint density at radius 1 is 1.10 bits per heavy atom. The molecule has 0 aliphatic heterocycles. The molecule has 0 aromatic heterocycles. The van der Waals surface area contributed by atoms with Crippen LogP contribution in [0.15, 0.2) is 24.3 Å². The Morgan fingerprint density at radius 2 is 1.71 bits per heavy atom. The Labute approximate surface area is 131 Å². The van der Waals surface area contributed by atoms with Crippen molar-refractivity contribution in [1.29, 1.82) is 0 Å². The van der Waals surface area contributed by atoms with Gasteiger partial charge < -0.3 is 9.74 Å². The van der Waals surface area contributed by atoms with Gasteiger partial charge in [-0.1, -0.05) is 49.1 Å². The predicted molar refractivity (Wildman–Crippen MR) is 93.2 cm³/mol. The van der Waals surface area contributed by atoms with Gasteiger partial charge in [0.1, 0.15) is 0 Å². The zero-order valence-electron chi connectivity index (χ0n) is 14.1. The van der Waals surface area contributed by atoms with Crippen molar-refractivity contribution < 1.29 is 4.43 Å². The van der Waals surface area contributed by atoms with Gasteiger partial charge in [-0.3, -0.25) is 0 Å². The highest BCUT2D eigenvalue weighted by molar-refractivity contribution is 6.69. The molecule has 1 unspecified atom stereocenters. The Balaban J connectivity index is 1.99. The Kier molecular flexibility index (Phi) is 6.03. The molecule has 2 rings (SSSR count). The lowest BCUT2D eigenvalue weighted by Gasteiger charge is -2.30. The average molecular weight is 306 g/mol. The standard InChI is InChI=1S/C18H31NOSi/c1-15-10-12-16(13-11-15)18(20-21(2,3)4)14-19-17-8-6-5-7-9-17/h10-13,17-19H,5-9,14H2,1-4H3. The van der Waals surface area contributed by atoms with Crippen molar-refractivity contribution >= 4 is 8.32 Å². The van der Waals surface area contributed by atoms with Crippen molar-refractivity contribution in [1.82, 2.24) is 5.32 Å². The van der Waals surface area contributed by atoms with Gasteiger partial charge in [0.15, 0.2) is 8.32 Å². The highest BCUT2D eigenvalue weighted by Gasteiger charge is 2.23. The van der Waals surface area contributed by atoms with Gasteiger partial charge in [0.2, 0.25) is 0 Å². The van der Waals surface area contributed by atoms with Crippen LogP contribution < -0.4 is 5.32 Å². The third-order valence-electron chi connectivity index (χ3n) is 4.14. The molecule has 0 saturated heterocycles. The van der Waals surface area contributed by atoms with E-state index in [9.17, 15) is 0 Å². The molecule has 2 nitrogen and oxygen atoms in total. The van der Waals surface area contributed by atoms with Crippen LogP contribution in [-0.2, 0) is 4.43 Å². The molecule has 0 heterocycles. The van der Waals surface area contributed by atoms with Gasteiger partial charge in [0.05, 0.1) is 6.10 Å². The van der Waals surface area contributed by atoms with E-state index in [1.54, 1.807) is 0 Å². The molecule has 3 heteroatoms. The number of hydrogen-bond acceptors (Lipinski definition) is 2. The topological polar surface area (TPSA) is 21.3 Å². The van der Waals surface area contributed by atoms with E-state index in [0.29, 0.717) is 6.04 Å². The fourth-order valence-corrected chi connectivity index (χ4v) is 4.09. The van der Waals surface area contributed by atoms with E-state index in [1.165, 1.54) is 43.2 Å². The van der Waals surface area contributed by atoms with Crippen LogP contribution >= 0.6 is 0 Å². The predicted octanol–water partition coefficient (Wildman–Crippen LogP) is 4.81. The summed E-state index contributed by atoms with van der Waals surface area (Å²) in [4.78, 5) is 0. The summed E-state index contributed by atoms with van der Waals surface area (Å²) in [6, 6.07) is 9.52. The van der Waals surface area contributed by atoms with Gasteiger partial charge in [-0.2, -0.15) is 0 Å². The number of benzene rings is 1. The molecule has 1 aliphatic rings. The van der Waals surface area contributed by atoms with Crippen molar-refractivity contribution in [3.63, 3.8) is 0 Å². The zero-order valence-corrected chi connectivity index (χ0v) is 15.1. The first kappa shape index (κ1) is 16.7. The van der Waals surface area contributed by atoms with Crippen LogP contribution in [0.1, 0.15) is 49.3 Å². The summed E-state index contributed by atoms with van der Waals surface area (Å²) < 4.78 is 6.43. The van der Waals surface area contributed by atoms with E-state index in [-0.39, 0.29) is 6.10 Å². The largest absolute Gasteiger partial charge is 0.409 e. The highest BCUT2D eigenvalue weighted by Crippen LogP contribution is 2.24. The van der Waals surface area contributed by atoms with Crippen molar-refractivity contribution in [2.45, 2.75) is 70.8 Å². The fourth-order valence-electron chi connectivity index (χ4n) is 3.02. The van der Waals surface area contributed by atoms with E-state index < -0.39 is 8.32 Å². The van der Waals surface area contributed by atoms with Gasteiger partial charge in [-0.25, -0.2) is 0 Å². The molecule has 1 aromatic rings. The second-order valence-corrected chi connectivity index (χ2v) is 11.8. The van der Waals surface area contributed by atoms with Crippen LogP contribution in [0.25, 0.3) is 0 Å². The second kappa shape index (κ2) is 7.57. The van der Waals surface area contributed by atoms with E-state index in [1.807, 2.05) is 0 Å². The van der Waals surface area contributed by atoms with E-state index >= 15 is 0 Å². The molecule has 0 bridgehead atoms. The third-order valence-corrected chi connectivity index (χ3v) is 5.13. The van der Waals surface area contributed by atoms with E-state index in [0.717, 1.165) is 6.54 Å². The lowest BCUT2D eigenvalue weighted by molar-refractivity contribution is 0.183. The molecule has 0 radical (unpaired) electrons. The quantitative estimate of drug-likeness (QED) is 0.762. The number of aryl methyl sites for hydroxylation is 1. The van der Waals surface area contributed by atoms with Crippen LogP contribution in [-0.4, -0.2) is 20.9 Å². The first-order valence-electron chi connectivity index (χ1n) is 8.42. The van der Waals surface area contributed by atoms with Crippen molar-refractivity contribution in [2.75, 3.05) is 6.54 Å². The minimum atomic E-state index is -1.54. The Morgan fingerprint density at radius 3 is 2.29 bits per heavy atom. The van der Waals surface area contributed by atoms with Crippen LogP contribution in [0.4, 0.5) is 0 Å². The Bertz CT molecular complexity index is 418. The first-order valence-corrected chi connectivity index (χ1v) is 11.8. The number of nitrogens with one attached hydrogen (secondary N) is 1. The lowest BCUT2D eigenvalue weighted by Crippen LogP contribution is -2.38. The Hall–Kier alpha value is -0.643. The molecule has 0 spiro atoms. The van der Waals surface area contributed by atoms with Crippen LogP contribution in [0.5, 0.6) is 0 Å². The fraction of sp³-hybridized carbons (Fsp3) is 0.667. The molecule has 1 aromatic carbocycles. The first-order chi connectivity index (χ1) is 9.94. The maximum atomic E-state index is 6.43. The summed E-state index contributed by atoms with van der Waals surface area (Å²) in [5.74, 6) is 0. The molecular weight excluding hydrogens is 274 g/mol. The van der Waals surface area contributed by atoms with Gasteiger partial charge in [-0.05, 0) is 45.0 Å². The average Bonchev–Trinajstić information content (AvgIpc) is 2.44. The van der Waals surface area contributed by atoms with Crippen molar-refractivity contribution in [3.05, 3.63) is 35.4 Å². The van der Waals surface area contributed by atoms with Crippen LogP contribution in [0.2, 0.25) is 19.6 Å². The summed E-state index contributed by atoms with van der Waals surface area (Å²) >= 11 is 0. The maximum Gasteiger partial charge on any atom is 0.184 e. The smallest absolute Gasteiger partial charge is 0.184 e. The van der Waals surface area contributed by atoms with Crippen molar-refractivity contribution in [3.8, 4) is 0 Å². The van der Waals surface area contributed by atoms with Gasteiger partial charge >= 0.3 is 0 Å². The second-order valence-electron chi connectivity index (χ2n) is 7.37. The molecule has 0 amide bonds. The molecule has 118 valence electrons. The minimum Gasteiger partial charge on any atom is -0.409 e. The molecule has 1 saturated carbocycles. The monoisotopic (exact) mass is 305 g/mol. The third kappa shape index (κ3) is 5.93. The molecule has 1 aliphatic carbocycles. The molecule has 21 heavy (non-hydrogen) atoms. The van der Waals surface area contributed by atoms with Gasteiger partial charge in [0.25, 0.3) is 0 Å². The molecule has 1 atom stereocenters. The SMILES string of the molecule is Cc1ccc(C(CNC2CCCCC2)O[Si](C)(C)C)cc1. The molecule has 1 fully saturated rings. The summed E-state index contributed by atoms with van der Waals surface area (Å²) in [5.41, 5.74) is 2.62. The summed E-state index contributed by atoms with van der Waals surface area (Å²) in [6.45, 7) is 9.90. The minimum absolute atomic E-state index is 0.194. The summed E-state index contributed by atoms with van der Waals surface area (Å²) in [6.07, 6.45) is 7.01. The van der Waals surface area contributed by atoms with Gasteiger partial charge in [0, 0.05) is 12.6 Å². The highest BCUT2D eigenvalue weighted by atomic mass is 28.4. The number of hydrogen-bond donors (Lipinski definition) is 1. The zero-order chi connectivity index (χ0) is 15.3. The lowest BCUT2D eigenvalue weighted by atomic mass is 9.95. The summed E-state index contributed by atoms with van der Waals surface area (Å²) in [5, 5.41) is 3.75. The van der Waals surface area contributed by atoms with Crippen molar-refractivity contribution in [2.24, 2.45) is 0 Å². The van der Waals surface area contributed by atoms with Crippen LogP contribution in [0.3, 0.4) is 0 Å². The van der Waals surface area contributed by atoms with Gasteiger partial charge in [-0.15, -0.1) is 0 Å².